The van der Waals surface area contributed by atoms with Crippen molar-refractivity contribution < 1.29 is 9.59 Å². The summed E-state index contributed by atoms with van der Waals surface area (Å²) in [5, 5.41) is 3.20. The molecule has 7 nitrogen and oxygen atoms in total. The molecule has 0 radical (unpaired) electrons. The third-order valence-corrected chi connectivity index (χ3v) is 5.95. The number of hydrogen-bond acceptors (Lipinski definition) is 5. The molecular weight excluding hydrogens is 330 g/mol. The van der Waals surface area contributed by atoms with Gasteiger partial charge in [0.25, 0.3) is 0 Å². The lowest BCUT2D eigenvalue weighted by Gasteiger charge is -2.21. The van der Waals surface area contributed by atoms with Crippen LogP contribution in [0, 0.1) is 25.7 Å². The quantitative estimate of drug-likeness (QED) is 0.852. The zero-order chi connectivity index (χ0) is 18.3. The Balaban J connectivity index is 1.42. The van der Waals surface area contributed by atoms with E-state index in [0.717, 1.165) is 36.7 Å². The lowest BCUT2D eigenvalue weighted by Crippen LogP contribution is -2.46. The number of hydrogen-bond donors (Lipinski definition) is 1. The van der Waals surface area contributed by atoms with Crippen LogP contribution in [0.25, 0.3) is 0 Å². The third kappa shape index (κ3) is 3.52. The van der Waals surface area contributed by atoms with Gasteiger partial charge < -0.3 is 15.1 Å². The molecule has 3 heterocycles. The van der Waals surface area contributed by atoms with Crippen molar-refractivity contribution in [3.8, 4) is 0 Å². The van der Waals surface area contributed by atoms with Gasteiger partial charge in [0.15, 0.2) is 0 Å². The van der Waals surface area contributed by atoms with Crippen LogP contribution in [-0.4, -0.2) is 58.9 Å². The van der Waals surface area contributed by atoms with Gasteiger partial charge in [-0.1, -0.05) is 0 Å². The molecule has 0 spiro atoms. The van der Waals surface area contributed by atoms with Crippen LogP contribution in [0.15, 0.2) is 6.20 Å². The second-order valence-electron chi connectivity index (χ2n) is 7.90. The van der Waals surface area contributed by atoms with Crippen molar-refractivity contribution >= 4 is 17.6 Å². The molecule has 4 rings (SSSR count). The first-order valence-electron chi connectivity index (χ1n) is 9.63. The van der Waals surface area contributed by atoms with E-state index in [2.05, 4.69) is 20.2 Å². The van der Waals surface area contributed by atoms with Gasteiger partial charge in [-0.2, -0.15) is 0 Å². The lowest BCUT2D eigenvalue weighted by molar-refractivity contribution is -0.133. The van der Waals surface area contributed by atoms with Crippen molar-refractivity contribution in [3.05, 3.63) is 17.6 Å². The Morgan fingerprint density at radius 3 is 2.73 bits per heavy atom. The number of carbonyl (C=O) groups is 2. The summed E-state index contributed by atoms with van der Waals surface area (Å²) in [6.07, 6.45) is 5.75. The van der Waals surface area contributed by atoms with Crippen molar-refractivity contribution in [3.63, 3.8) is 0 Å². The van der Waals surface area contributed by atoms with Gasteiger partial charge >= 0.3 is 0 Å². The molecule has 26 heavy (non-hydrogen) atoms. The van der Waals surface area contributed by atoms with Gasteiger partial charge in [-0.25, -0.2) is 4.98 Å². The van der Waals surface area contributed by atoms with E-state index >= 15 is 0 Å². The van der Waals surface area contributed by atoms with Crippen LogP contribution in [0.2, 0.25) is 0 Å². The number of aromatic nitrogens is 2. The first-order chi connectivity index (χ1) is 12.5. The number of rotatable bonds is 5. The summed E-state index contributed by atoms with van der Waals surface area (Å²) in [4.78, 5) is 37.3. The summed E-state index contributed by atoms with van der Waals surface area (Å²) in [6.45, 7) is 6.51. The molecule has 1 saturated carbocycles. The second-order valence-corrected chi connectivity index (χ2v) is 7.90. The molecule has 1 aliphatic carbocycles. The maximum absolute atomic E-state index is 12.5. The maximum atomic E-state index is 12.5. The molecule has 7 heteroatoms. The number of amides is 2. The van der Waals surface area contributed by atoms with Crippen molar-refractivity contribution in [2.75, 3.05) is 31.1 Å². The first-order valence-corrected chi connectivity index (χ1v) is 9.63. The van der Waals surface area contributed by atoms with Crippen molar-refractivity contribution in [2.45, 2.75) is 45.6 Å². The highest BCUT2D eigenvalue weighted by atomic mass is 16.2. The molecule has 2 amide bonds. The predicted molar refractivity (Wildman–Crippen MR) is 97.7 cm³/mol. The predicted octanol–water partition coefficient (Wildman–Crippen LogP) is 1.05. The number of nitrogens with zero attached hydrogens (tertiary/aromatic N) is 4. The minimum Gasteiger partial charge on any atom is -0.353 e. The molecular formula is C19H27N5O2. The van der Waals surface area contributed by atoms with E-state index in [1.807, 2.05) is 20.0 Å². The van der Waals surface area contributed by atoms with Gasteiger partial charge in [0.1, 0.15) is 5.82 Å². The highest BCUT2D eigenvalue weighted by Crippen LogP contribution is 2.42. The van der Waals surface area contributed by atoms with Gasteiger partial charge in [0.2, 0.25) is 11.8 Å². The van der Waals surface area contributed by atoms with Crippen LogP contribution >= 0.6 is 0 Å². The molecule has 0 aromatic carbocycles. The van der Waals surface area contributed by atoms with Crippen LogP contribution < -0.4 is 10.2 Å². The van der Waals surface area contributed by atoms with Gasteiger partial charge in [0, 0.05) is 32.0 Å². The van der Waals surface area contributed by atoms with E-state index in [0.29, 0.717) is 24.8 Å². The van der Waals surface area contributed by atoms with Crippen LogP contribution in [0.1, 0.15) is 37.1 Å². The summed E-state index contributed by atoms with van der Waals surface area (Å²) in [5.74, 6) is 2.10. The largest absolute Gasteiger partial charge is 0.353 e. The molecule has 1 aromatic rings. The minimum absolute atomic E-state index is 0.0380. The molecule has 1 aromatic heterocycles. The number of likely N-dealkylation sites (tertiary alicyclic amines) is 1. The van der Waals surface area contributed by atoms with E-state index in [1.54, 1.807) is 4.90 Å². The monoisotopic (exact) mass is 357 g/mol. The molecule has 0 unspecified atom stereocenters. The smallest absolute Gasteiger partial charge is 0.239 e. The zero-order valence-corrected chi connectivity index (χ0v) is 15.6. The first kappa shape index (κ1) is 17.2. The van der Waals surface area contributed by atoms with Gasteiger partial charge in [-0.3, -0.25) is 14.6 Å². The molecule has 3 aliphatic rings. The standard InChI is InChI=1S/C19H27N5O2/c1-12-13(2)21-17(8-20-12)24-9-15(14-5-6-14)16(10-24)22-18(25)11-23-7-3-4-19(23)26/h8,14-16H,3-7,9-11H2,1-2H3,(H,22,25)/t15-,16+/m0/s1. The number of nitrogens with one attached hydrogen (secondary N) is 1. The third-order valence-electron chi connectivity index (χ3n) is 5.95. The normalized spacial score (nSPS) is 25.8. The summed E-state index contributed by atoms with van der Waals surface area (Å²) in [5.41, 5.74) is 1.90. The van der Waals surface area contributed by atoms with E-state index in [1.165, 1.54) is 12.8 Å². The van der Waals surface area contributed by atoms with Gasteiger partial charge in [0.05, 0.1) is 30.2 Å². The zero-order valence-electron chi connectivity index (χ0n) is 15.6. The van der Waals surface area contributed by atoms with Crippen LogP contribution in [0.3, 0.4) is 0 Å². The minimum atomic E-state index is -0.0380. The summed E-state index contributed by atoms with van der Waals surface area (Å²) >= 11 is 0. The number of aryl methyl sites for hydroxylation is 2. The topological polar surface area (TPSA) is 78.4 Å². The Morgan fingerprint density at radius 2 is 2.08 bits per heavy atom. The summed E-state index contributed by atoms with van der Waals surface area (Å²) in [6, 6.07) is 0.121. The molecule has 0 bridgehead atoms. The Hall–Kier alpha value is -2.18. The Morgan fingerprint density at radius 1 is 1.27 bits per heavy atom. The highest BCUT2D eigenvalue weighted by molar-refractivity contribution is 5.86. The Labute approximate surface area is 154 Å². The van der Waals surface area contributed by atoms with Crippen LogP contribution in [0.4, 0.5) is 5.82 Å². The average Bonchev–Trinajstić information content (AvgIpc) is 3.25. The second kappa shape index (κ2) is 6.85. The van der Waals surface area contributed by atoms with Crippen molar-refractivity contribution in [2.24, 2.45) is 11.8 Å². The fourth-order valence-corrected chi connectivity index (χ4v) is 4.15. The highest BCUT2D eigenvalue weighted by Gasteiger charge is 2.43. The Bertz CT molecular complexity index is 718. The van der Waals surface area contributed by atoms with Gasteiger partial charge in [-0.15, -0.1) is 0 Å². The van der Waals surface area contributed by atoms with Gasteiger partial charge in [-0.05, 0) is 39.0 Å². The summed E-state index contributed by atoms with van der Waals surface area (Å²) < 4.78 is 0. The van der Waals surface area contributed by atoms with E-state index in [-0.39, 0.29) is 24.4 Å². The molecule has 2 saturated heterocycles. The molecule has 1 N–H and O–H groups in total. The molecule has 140 valence electrons. The lowest BCUT2D eigenvalue weighted by atomic mass is 9.98. The molecule has 2 atom stereocenters. The van der Waals surface area contributed by atoms with E-state index in [9.17, 15) is 9.59 Å². The van der Waals surface area contributed by atoms with Crippen LogP contribution in [0.5, 0.6) is 0 Å². The van der Waals surface area contributed by atoms with Crippen LogP contribution in [-0.2, 0) is 9.59 Å². The summed E-state index contributed by atoms with van der Waals surface area (Å²) in [7, 11) is 0. The maximum Gasteiger partial charge on any atom is 0.239 e. The van der Waals surface area contributed by atoms with Crippen molar-refractivity contribution in [1.82, 2.24) is 20.2 Å². The van der Waals surface area contributed by atoms with Crippen molar-refractivity contribution in [1.29, 1.82) is 0 Å². The SMILES string of the molecule is Cc1ncc(N2C[C@@H](NC(=O)CN3CCCC3=O)[C@H](C3CC3)C2)nc1C. The molecule has 3 fully saturated rings. The number of anilines is 1. The fraction of sp³-hybridized carbons (Fsp3) is 0.684. The number of carbonyl (C=O) groups excluding carboxylic acids is 2. The Kier molecular flexibility index (Phi) is 4.54. The van der Waals surface area contributed by atoms with E-state index < -0.39 is 0 Å². The van der Waals surface area contributed by atoms with E-state index in [4.69, 9.17) is 0 Å². The molecule has 2 aliphatic heterocycles. The fourth-order valence-electron chi connectivity index (χ4n) is 4.15. The average molecular weight is 357 g/mol.